The maximum atomic E-state index is 13.6. The van der Waals surface area contributed by atoms with Gasteiger partial charge in [0.1, 0.15) is 23.4 Å². The van der Waals surface area contributed by atoms with E-state index in [4.69, 9.17) is 0 Å². The Balaban J connectivity index is 1.82. The maximum absolute atomic E-state index is 13.6. The molecule has 8 heteroatoms. The molecule has 6 nitrogen and oxygen atoms in total. The zero-order valence-corrected chi connectivity index (χ0v) is 17.2. The van der Waals surface area contributed by atoms with Gasteiger partial charge in [0.05, 0.1) is 6.20 Å². The zero-order valence-electron chi connectivity index (χ0n) is 17.2. The summed E-state index contributed by atoms with van der Waals surface area (Å²) in [6, 6.07) is 18.0. The van der Waals surface area contributed by atoms with Crippen LogP contribution in [0.3, 0.4) is 0 Å². The number of carbonyl (C=O) groups is 2. The SMILES string of the molecule is O=C(Nc1ccc(F)cc1)[C@H](c1ccccc1)N(C(=O)c1cnccn1)c1ccc(F)cc1. The molecular formula is C25H18F2N4O2. The minimum atomic E-state index is -1.14. The van der Waals surface area contributed by atoms with Gasteiger partial charge in [0, 0.05) is 23.8 Å². The quantitative estimate of drug-likeness (QED) is 0.464. The fourth-order valence-corrected chi connectivity index (χ4v) is 3.32. The first-order chi connectivity index (χ1) is 16.0. The molecule has 1 aromatic heterocycles. The third-order valence-corrected chi connectivity index (χ3v) is 4.84. The minimum Gasteiger partial charge on any atom is -0.324 e. The van der Waals surface area contributed by atoms with E-state index in [1.165, 1.54) is 72.0 Å². The molecule has 0 aliphatic rings. The van der Waals surface area contributed by atoms with E-state index in [0.29, 0.717) is 11.3 Å². The molecule has 1 N–H and O–H groups in total. The third-order valence-electron chi connectivity index (χ3n) is 4.84. The summed E-state index contributed by atoms with van der Waals surface area (Å²) in [7, 11) is 0. The highest BCUT2D eigenvalue weighted by Crippen LogP contribution is 2.30. The van der Waals surface area contributed by atoms with E-state index in [-0.39, 0.29) is 11.4 Å². The second-order valence-corrected chi connectivity index (χ2v) is 7.05. The van der Waals surface area contributed by atoms with Gasteiger partial charge in [-0.05, 0) is 54.1 Å². The molecule has 1 atom stereocenters. The zero-order chi connectivity index (χ0) is 23.2. The average Bonchev–Trinajstić information content (AvgIpc) is 2.85. The van der Waals surface area contributed by atoms with Crippen LogP contribution in [-0.4, -0.2) is 21.8 Å². The van der Waals surface area contributed by atoms with Crippen molar-refractivity contribution in [1.82, 2.24) is 9.97 Å². The van der Waals surface area contributed by atoms with Crippen LogP contribution in [0.1, 0.15) is 22.1 Å². The molecule has 0 bridgehead atoms. The second-order valence-electron chi connectivity index (χ2n) is 7.05. The third kappa shape index (κ3) is 5.07. The number of nitrogens with one attached hydrogen (secondary N) is 1. The summed E-state index contributed by atoms with van der Waals surface area (Å²) in [5.74, 6) is -2.08. The van der Waals surface area contributed by atoms with Crippen molar-refractivity contribution in [3.63, 3.8) is 0 Å². The van der Waals surface area contributed by atoms with Crippen LogP contribution in [0.25, 0.3) is 0 Å². The van der Waals surface area contributed by atoms with Gasteiger partial charge in [-0.15, -0.1) is 0 Å². The van der Waals surface area contributed by atoms with Crippen molar-refractivity contribution in [1.29, 1.82) is 0 Å². The molecule has 4 rings (SSSR count). The van der Waals surface area contributed by atoms with Crippen LogP contribution < -0.4 is 10.2 Å². The summed E-state index contributed by atoms with van der Waals surface area (Å²) in [6.45, 7) is 0. The largest absolute Gasteiger partial charge is 0.324 e. The predicted molar refractivity (Wildman–Crippen MR) is 119 cm³/mol. The smallest absolute Gasteiger partial charge is 0.279 e. The van der Waals surface area contributed by atoms with Gasteiger partial charge in [0.25, 0.3) is 11.8 Å². The van der Waals surface area contributed by atoms with Crippen molar-refractivity contribution in [3.05, 3.63) is 120 Å². The number of benzene rings is 3. The van der Waals surface area contributed by atoms with Crippen molar-refractivity contribution in [2.45, 2.75) is 6.04 Å². The van der Waals surface area contributed by atoms with Gasteiger partial charge in [-0.25, -0.2) is 13.8 Å². The first kappa shape index (κ1) is 21.8. The van der Waals surface area contributed by atoms with Crippen LogP contribution in [0.2, 0.25) is 0 Å². The molecule has 0 radical (unpaired) electrons. The fourth-order valence-electron chi connectivity index (χ4n) is 3.32. The van der Waals surface area contributed by atoms with Crippen LogP contribution >= 0.6 is 0 Å². The molecule has 0 aliphatic carbocycles. The Morgan fingerprint density at radius 3 is 2.06 bits per heavy atom. The number of carbonyl (C=O) groups excluding carboxylic acids is 2. The van der Waals surface area contributed by atoms with Crippen LogP contribution in [0.15, 0.2) is 97.5 Å². The standard InChI is InChI=1S/C25H18F2N4O2/c26-18-6-10-20(11-7-18)30-24(32)23(17-4-2-1-3-5-17)31(21-12-8-19(27)9-13-21)25(33)22-16-28-14-15-29-22/h1-16,23H,(H,30,32)/t23-/m0/s1. The fraction of sp³-hybridized carbons (Fsp3) is 0.0400. The number of rotatable bonds is 6. The molecule has 0 unspecified atom stereocenters. The summed E-state index contributed by atoms with van der Waals surface area (Å²) in [5.41, 5.74) is 1.17. The molecule has 2 amide bonds. The van der Waals surface area contributed by atoms with E-state index in [9.17, 15) is 18.4 Å². The summed E-state index contributed by atoms with van der Waals surface area (Å²) in [5, 5.41) is 2.73. The van der Waals surface area contributed by atoms with Crippen LogP contribution in [-0.2, 0) is 4.79 Å². The van der Waals surface area contributed by atoms with Gasteiger partial charge >= 0.3 is 0 Å². The Hall–Kier alpha value is -4.46. The lowest BCUT2D eigenvalue weighted by molar-refractivity contribution is -0.117. The topological polar surface area (TPSA) is 75.2 Å². The van der Waals surface area contributed by atoms with Crippen LogP contribution in [0.4, 0.5) is 20.2 Å². The monoisotopic (exact) mass is 444 g/mol. The van der Waals surface area contributed by atoms with Gasteiger partial charge < -0.3 is 5.32 Å². The van der Waals surface area contributed by atoms with E-state index in [1.807, 2.05) is 0 Å². The predicted octanol–water partition coefficient (Wildman–Crippen LogP) is 4.78. The molecule has 4 aromatic rings. The number of hydrogen-bond acceptors (Lipinski definition) is 4. The summed E-state index contributed by atoms with van der Waals surface area (Å²) < 4.78 is 27.0. The molecule has 0 saturated carbocycles. The van der Waals surface area contributed by atoms with Crippen LogP contribution in [0.5, 0.6) is 0 Å². The Morgan fingerprint density at radius 1 is 0.818 bits per heavy atom. The average molecular weight is 444 g/mol. The van der Waals surface area contributed by atoms with Crippen molar-refractivity contribution in [2.24, 2.45) is 0 Å². The Labute approximate surface area is 188 Å². The highest BCUT2D eigenvalue weighted by Gasteiger charge is 2.34. The summed E-state index contributed by atoms with van der Waals surface area (Å²) in [4.78, 5) is 36.3. The minimum absolute atomic E-state index is 0.0114. The van der Waals surface area contributed by atoms with Gasteiger partial charge in [0.15, 0.2) is 0 Å². The van der Waals surface area contributed by atoms with Gasteiger partial charge in [-0.3, -0.25) is 19.5 Å². The molecule has 164 valence electrons. The lowest BCUT2D eigenvalue weighted by atomic mass is 10.0. The molecule has 1 heterocycles. The van der Waals surface area contributed by atoms with Gasteiger partial charge in [0.2, 0.25) is 0 Å². The van der Waals surface area contributed by atoms with E-state index in [0.717, 1.165) is 0 Å². The van der Waals surface area contributed by atoms with E-state index in [2.05, 4.69) is 15.3 Å². The maximum Gasteiger partial charge on any atom is 0.279 e. The number of aromatic nitrogens is 2. The number of anilines is 2. The first-order valence-corrected chi connectivity index (χ1v) is 9.99. The normalized spacial score (nSPS) is 11.5. The highest BCUT2D eigenvalue weighted by atomic mass is 19.1. The van der Waals surface area contributed by atoms with Crippen molar-refractivity contribution in [3.8, 4) is 0 Å². The molecule has 0 saturated heterocycles. The van der Waals surface area contributed by atoms with Crippen molar-refractivity contribution < 1.29 is 18.4 Å². The molecule has 33 heavy (non-hydrogen) atoms. The van der Waals surface area contributed by atoms with E-state index >= 15 is 0 Å². The van der Waals surface area contributed by atoms with Crippen molar-refractivity contribution in [2.75, 3.05) is 10.2 Å². The molecule has 0 spiro atoms. The first-order valence-electron chi connectivity index (χ1n) is 9.99. The number of hydrogen-bond donors (Lipinski definition) is 1. The summed E-state index contributed by atoms with van der Waals surface area (Å²) in [6.07, 6.45) is 4.08. The van der Waals surface area contributed by atoms with Gasteiger partial charge in [-0.1, -0.05) is 30.3 Å². The Bertz CT molecular complexity index is 1240. The number of nitrogens with zero attached hydrogens (tertiary/aromatic N) is 3. The van der Waals surface area contributed by atoms with E-state index in [1.54, 1.807) is 30.3 Å². The lowest BCUT2D eigenvalue weighted by Gasteiger charge is -2.31. The van der Waals surface area contributed by atoms with Crippen molar-refractivity contribution >= 4 is 23.2 Å². The summed E-state index contributed by atoms with van der Waals surface area (Å²) >= 11 is 0. The molecule has 3 aromatic carbocycles. The number of amides is 2. The molecule has 0 fully saturated rings. The Kier molecular flexibility index (Phi) is 6.45. The Morgan fingerprint density at radius 2 is 1.45 bits per heavy atom. The number of halogens is 2. The molecular weight excluding hydrogens is 426 g/mol. The molecule has 0 aliphatic heterocycles. The van der Waals surface area contributed by atoms with Gasteiger partial charge in [-0.2, -0.15) is 0 Å². The lowest BCUT2D eigenvalue weighted by Crippen LogP contribution is -2.42. The van der Waals surface area contributed by atoms with E-state index < -0.39 is 29.5 Å². The van der Waals surface area contributed by atoms with Crippen LogP contribution in [0, 0.1) is 11.6 Å². The second kappa shape index (κ2) is 9.78. The highest BCUT2D eigenvalue weighted by molar-refractivity contribution is 6.11.